The van der Waals surface area contributed by atoms with Gasteiger partial charge in [0.05, 0.1) is 0 Å². The van der Waals surface area contributed by atoms with Gasteiger partial charge in [0.1, 0.15) is 0 Å². The number of hydrogen-bond acceptors (Lipinski definition) is 1. The van der Waals surface area contributed by atoms with Crippen LogP contribution in [-0.4, -0.2) is 6.61 Å². The molecule has 0 N–H and O–H groups in total. The molecule has 6 heavy (non-hydrogen) atoms. The Hall–Kier alpha value is 0.583. The topological polar surface area (TPSA) is 9.23 Å². The molecule has 1 rings (SSSR count). The third-order valence-corrected chi connectivity index (χ3v) is 3.94. The molecule has 1 aliphatic rings. The summed E-state index contributed by atoms with van der Waals surface area (Å²) >= 11 is -0.339. The Bertz CT molecular complexity index is 23.0. The molecular weight excluding hydrogens is 129 g/mol. The van der Waals surface area contributed by atoms with Crippen molar-refractivity contribution in [2.45, 2.75) is 17.9 Å². The molecule has 1 aliphatic heterocycles. The van der Waals surface area contributed by atoms with Gasteiger partial charge in [-0.3, -0.25) is 0 Å². The van der Waals surface area contributed by atoms with Gasteiger partial charge in [-0.2, -0.15) is 0 Å². The SMILES string of the molecule is C1C[CH2][Zn][O]C1. The Morgan fingerprint density at radius 1 is 1.33 bits per heavy atom. The van der Waals surface area contributed by atoms with Crippen LogP contribution in [0, 0.1) is 0 Å². The zero-order valence-corrected chi connectivity index (χ0v) is 6.91. The molecule has 1 heterocycles. The second kappa shape index (κ2) is 2.71. The summed E-state index contributed by atoms with van der Waals surface area (Å²) in [5, 5.41) is 1.47. The predicted molar refractivity (Wildman–Crippen MR) is 20.0 cm³/mol. The molecule has 0 bridgehead atoms. The minimum absolute atomic E-state index is 0.339. The van der Waals surface area contributed by atoms with E-state index in [4.69, 9.17) is 3.56 Å². The molecule has 0 aromatic rings. The van der Waals surface area contributed by atoms with Crippen LogP contribution in [0.4, 0.5) is 0 Å². The van der Waals surface area contributed by atoms with Gasteiger partial charge in [-0.15, -0.1) is 0 Å². The average Bonchev–Trinajstić information content (AvgIpc) is 1.72. The quantitative estimate of drug-likeness (QED) is 0.456. The van der Waals surface area contributed by atoms with Gasteiger partial charge in [0, 0.05) is 0 Å². The zero-order chi connectivity index (χ0) is 4.24. The van der Waals surface area contributed by atoms with Crippen LogP contribution in [0.15, 0.2) is 0 Å². The normalized spacial score (nSPS) is 21.3. The summed E-state index contributed by atoms with van der Waals surface area (Å²) in [6.45, 7) is 1.08. The van der Waals surface area contributed by atoms with Crippen molar-refractivity contribution in [1.29, 1.82) is 0 Å². The minimum atomic E-state index is -0.339. The average molecular weight is 137 g/mol. The molecule has 32 valence electrons. The molecule has 1 nitrogen and oxygen atoms in total. The van der Waals surface area contributed by atoms with Crippen LogP contribution in [0.2, 0.25) is 5.02 Å². The molecule has 0 saturated carbocycles. The van der Waals surface area contributed by atoms with E-state index in [1.165, 1.54) is 17.9 Å². The maximum atomic E-state index is 5.26. The molecular formula is C4H8OZn. The molecule has 0 aliphatic carbocycles. The Morgan fingerprint density at radius 3 is 2.50 bits per heavy atom. The maximum absolute atomic E-state index is 5.26. The molecule has 1 fully saturated rings. The first-order valence-corrected chi connectivity index (χ1v) is 5.89. The molecule has 0 aromatic carbocycles. The van der Waals surface area contributed by atoms with Gasteiger partial charge in [0.25, 0.3) is 0 Å². The van der Waals surface area contributed by atoms with E-state index in [2.05, 4.69) is 0 Å². The van der Waals surface area contributed by atoms with Gasteiger partial charge < -0.3 is 0 Å². The monoisotopic (exact) mass is 136 g/mol. The van der Waals surface area contributed by atoms with Crippen molar-refractivity contribution < 1.29 is 21.1 Å². The third-order valence-electron chi connectivity index (χ3n) is 1.08. The van der Waals surface area contributed by atoms with Crippen molar-refractivity contribution in [3.05, 3.63) is 0 Å². The predicted octanol–water partition coefficient (Wildman–Crippen LogP) is 1.21. The molecule has 1 saturated heterocycles. The van der Waals surface area contributed by atoms with Gasteiger partial charge in [-0.1, -0.05) is 0 Å². The summed E-state index contributed by atoms with van der Waals surface area (Å²) in [7, 11) is 0. The molecule has 0 aromatic heterocycles. The van der Waals surface area contributed by atoms with Crippen molar-refractivity contribution in [2.24, 2.45) is 0 Å². The number of rotatable bonds is 0. The van der Waals surface area contributed by atoms with Crippen LogP contribution < -0.4 is 0 Å². The Labute approximate surface area is 46.1 Å². The van der Waals surface area contributed by atoms with Crippen LogP contribution in [0.5, 0.6) is 0 Å². The van der Waals surface area contributed by atoms with Crippen molar-refractivity contribution >= 4 is 0 Å². The molecule has 0 spiro atoms. The fourth-order valence-electron chi connectivity index (χ4n) is 0.687. The van der Waals surface area contributed by atoms with E-state index in [0.717, 1.165) is 6.61 Å². The third kappa shape index (κ3) is 1.36. The Morgan fingerprint density at radius 2 is 2.33 bits per heavy atom. The van der Waals surface area contributed by atoms with Gasteiger partial charge >= 0.3 is 45.5 Å². The van der Waals surface area contributed by atoms with Crippen LogP contribution in [0.3, 0.4) is 0 Å². The van der Waals surface area contributed by atoms with Crippen molar-refractivity contribution in [1.82, 2.24) is 0 Å². The van der Waals surface area contributed by atoms with Crippen LogP contribution in [0.25, 0.3) is 0 Å². The van der Waals surface area contributed by atoms with E-state index < -0.39 is 0 Å². The van der Waals surface area contributed by atoms with Crippen LogP contribution >= 0.6 is 0 Å². The second-order valence-electron chi connectivity index (χ2n) is 1.67. The molecule has 0 radical (unpaired) electrons. The zero-order valence-electron chi connectivity index (χ0n) is 3.94. The van der Waals surface area contributed by atoms with Gasteiger partial charge in [-0.05, 0) is 0 Å². The summed E-state index contributed by atoms with van der Waals surface area (Å²) in [4.78, 5) is 0. The summed E-state index contributed by atoms with van der Waals surface area (Å²) in [5.74, 6) is 0. The van der Waals surface area contributed by atoms with E-state index in [1.807, 2.05) is 0 Å². The molecule has 0 amide bonds. The second-order valence-corrected chi connectivity index (χ2v) is 4.87. The van der Waals surface area contributed by atoms with E-state index >= 15 is 0 Å². The van der Waals surface area contributed by atoms with E-state index in [1.54, 1.807) is 0 Å². The van der Waals surface area contributed by atoms with Crippen LogP contribution in [0.1, 0.15) is 12.8 Å². The first-order chi connectivity index (χ1) is 3.00. The van der Waals surface area contributed by atoms with E-state index in [-0.39, 0.29) is 17.5 Å². The van der Waals surface area contributed by atoms with E-state index in [0.29, 0.717) is 0 Å². The van der Waals surface area contributed by atoms with Crippen molar-refractivity contribution in [3.63, 3.8) is 0 Å². The van der Waals surface area contributed by atoms with Crippen LogP contribution in [-0.2, 0) is 21.1 Å². The van der Waals surface area contributed by atoms with Gasteiger partial charge in [0.15, 0.2) is 0 Å². The molecule has 0 atom stereocenters. The van der Waals surface area contributed by atoms with Crippen molar-refractivity contribution in [3.8, 4) is 0 Å². The summed E-state index contributed by atoms with van der Waals surface area (Å²) in [6, 6.07) is 0. The summed E-state index contributed by atoms with van der Waals surface area (Å²) in [6.07, 6.45) is 2.78. The summed E-state index contributed by atoms with van der Waals surface area (Å²) < 4.78 is 5.26. The number of hydrogen-bond donors (Lipinski definition) is 0. The molecule has 2 heteroatoms. The first kappa shape index (κ1) is 4.74. The van der Waals surface area contributed by atoms with Gasteiger partial charge in [0.2, 0.25) is 0 Å². The Balaban J connectivity index is 2.00. The summed E-state index contributed by atoms with van der Waals surface area (Å²) in [5.41, 5.74) is 0. The van der Waals surface area contributed by atoms with Crippen molar-refractivity contribution in [2.75, 3.05) is 6.61 Å². The fraction of sp³-hybridized carbons (Fsp3) is 1.00. The van der Waals surface area contributed by atoms with Gasteiger partial charge in [-0.25, -0.2) is 0 Å². The molecule has 0 unspecified atom stereocenters. The Kier molecular flexibility index (Phi) is 2.14. The standard InChI is InChI=1S/C4H8O.Zn/c1-2-3-4-5;/h1-4H2;/q-1;+1. The fourth-order valence-corrected chi connectivity index (χ4v) is 3.14. The van der Waals surface area contributed by atoms with E-state index in [9.17, 15) is 0 Å². The first-order valence-electron chi connectivity index (χ1n) is 2.58.